The van der Waals surface area contributed by atoms with Gasteiger partial charge in [-0.1, -0.05) is 53.9 Å². The van der Waals surface area contributed by atoms with Crippen molar-refractivity contribution in [3.63, 3.8) is 0 Å². The molecule has 0 aromatic heterocycles. The number of fused-ring (bicyclic) bond motifs is 5. The predicted molar refractivity (Wildman–Crippen MR) is 123 cm³/mol. The van der Waals surface area contributed by atoms with Crippen molar-refractivity contribution in [2.45, 2.75) is 111 Å². The van der Waals surface area contributed by atoms with Crippen LogP contribution in [0.1, 0.15) is 105 Å². The van der Waals surface area contributed by atoms with Crippen molar-refractivity contribution in [1.29, 1.82) is 0 Å². The highest BCUT2D eigenvalue weighted by Crippen LogP contribution is 2.68. The molecule has 0 saturated heterocycles. The van der Waals surface area contributed by atoms with Crippen LogP contribution in [0, 0.1) is 52.3 Å². The molecule has 0 spiro atoms. The Bertz CT molecular complexity index is 614. The van der Waals surface area contributed by atoms with E-state index < -0.39 is 0 Å². The molecule has 4 aliphatic carbocycles. The highest BCUT2D eigenvalue weighted by molar-refractivity contribution is 6.20. The van der Waals surface area contributed by atoms with Crippen LogP contribution < -0.4 is 0 Å². The van der Waals surface area contributed by atoms with Crippen LogP contribution in [-0.4, -0.2) is 11.2 Å². The Hall–Kier alpha value is -0.0400. The maximum absolute atomic E-state index is 13.3. The normalized spacial score (nSPS) is 48.2. The minimum Gasteiger partial charge on any atom is -0.299 e. The molecule has 2 heteroatoms. The van der Waals surface area contributed by atoms with E-state index in [4.69, 9.17) is 11.6 Å². The van der Waals surface area contributed by atoms with Gasteiger partial charge in [-0.05, 0) is 91.3 Å². The number of carbonyl (C=O) groups excluding carboxylic acids is 1. The van der Waals surface area contributed by atoms with E-state index >= 15 is 0 Å². The zero-order valence-corrected chi connectivity index (χ0v) is 20.4. The lowest BCUT2D eigenvalue weighted by Gasteiger charge is -2.60. The number of halogens is 1. The molecule has 4 fully saturated rings. The fourth-order valence-electron chi connectivity index (χ4n) is 9.02. The minimum atomic E-state index is 0.227. The van der Waals surface area contributed by atoms with Crippen molar-refractivity contribution < 1.29 is 4.79 Å². The van der Waals surface area contributed by atoms with Crippen LogP contribution in [0.25, 0.3) is 0 Å². The van der Waals surface area contributed by atoms with Gasteiger partial charge in [0, 0.05) is 17.7 Å². The summed E-state index contributed by atoms with van der Waals surface area (Å²) >= 11 is 6.51. The summed E-state index contributed by atoms with van der Waals surface area (Å²) in [7, 11) is 0. The third-order valence-corrected chi connectivity index (χ3v) is 11.0. The SMILES string of the molecule is CC(C)CCC[C@@H](C)[C@H]1CC[C@H]2[C@@H]3CC(=O)[C@H]4CC(Cl)CC[C@]4(C)[C@H]3CC[C@]12C. The zero-order valence-electron chi connectivity index (χ0n) is 19.7. The van der Waals surface area contributed by atoms with Crippen molar-refractivity contribution in [3.05, 3.63) is 0 Å². The Kier molecular flexibility index (Phi) is 6.22. The Morgan fingerprint density at radius 1 is 0.966 bits per heavy atom. The lowest BCUT2D eigenvalue weighted by Crippen LogP contribution is -2.56. The standard InChI is InChI=1S/C27H45ClO/c1-17(2)7-6-8-18(3)21-9-10-22-20-16-25(29)24-15-19(28)11-13-27(24,5)23(20)12-14-26(21,22)4/h17-24H,6-16H2,1-5H3/t18-,19?,20+,21-,22+,23+,24-,26-,27-/m1/s1. The molecule has 0 aromatic carbocycles. The topological polar surface area (TPSA) is 17.1 Å². The first-order chi connectivity index (χ1) is 13.7. The Labute approximate surface area is 185 Å². The third-order valence-electron chi connectivity index (χ3n) is 10.6. The van der Waals surface area contributed by atoms with Crippen LogP contribution in [-0.2, 0) is 4.79 Å². The molecule has 0 heterocycles. The Morgan fingerprint density at radius 3 is 2.38 bits per heavy atom. The van der Waals surface area contributed by atoms with Gasteiger partial charge in [0.1, 0.15) is 5.78 Å². The van der Waals surface area contributed by atoms with E-state index in [-0.39, 0.29) is 16.7 Å². The van der Waals surface area contributed by atoms with Gasteiger partial charge in [-0.25, -0.2) is 0 Å². The third kappa shape index (κ3) is 3.74. The number of rotatable bonds is 5. The Morgan fingerprint density at radius 2 is 1.66 bits per heavy atom. The van der Waals surface area contributed by atoms with E-state index in [1.807, 2.05) is 0 Å². The van der Waals surface area contributed by atoms with Gasteiger partial charge in [0.25, 0.3) is 0 Å². The molecule has 0 N–H and O–H groups in total. The zero-order chi connectivity index (χ0) is 21.0. The predicted octanol–water partition coefficient (Wildman–Crippen LogP) is 7.89. The summed E-state index contributed by atoms with van der Waals surface area (Å²) in [5.74, 6) is 5.57. The summed E-state index contributed by atoms with van der Waals surface area (Å²) in [5.41, 5.74) is 0.708. The van der Waals surface area contributed by atoms with Gasteiger partial charge in [-0.2, -0.15) is 0 Å². The summed E-state index contributed by atoms with van der Waals surface area (Å²) in [5, 5.41) is 0.227. The summed E-state index contributed by atoms with van der Waals surface area (Å²) in [6, 6.07) is 0. The fraction of sp³-hybridized carbons (Fsp3) is 0.963. The van der Waals surface area contributed by atoms with E-state index in [1.165, 1.54) is 51.4 Å². The summed E-state index contributed by atoms with van der Waals surface area (Å²) in [6.07, 6.45) is 13.8. The average Bonchev–Trinajstić information content (AvgIpc) is 3.00. The molecule has 1 unspecified atom stereocenters. The van der Waals surface area contributed by atoms with Crippen molar-refractivity contribution in [2.24, 2.45) is 52.3 Å². The highest BCUT2D eigenvalue weighted by Gasteiger charge is 2.62. The number of hydrogen-bond acceptors (Lipinski definition) is 1. The summed E-state index contributed by atoms with van der Waals surface area (Å²) in [4.78, 5) is 13.3. The number of alkyl halides is 1. The van der Waals surface area contributed by atoms with E-state index in [1.54, 1.807) is 0 Å². The van der Waals surface area contributed by atoms with Crippen LogP contribution in [0.5, 0.6) is 0 Å². The van der Waals surface area contributed by atoms with E-state index in [0.717, 1.165) is 48.9 Å². The largest absolute Gasteiger partial charge is 0.299 e. The van der Waals surface area contributed by atoms with Crippen molar-refractivity contribution in [3.8, 4) is 0 Å². The molecule has 0 bridgehead atoms. The summed E-state index contributed by atoms with van der Waals surface area (Å²) in [6.45, 7) is 12.3. The summed E-state index contributed by atoms with van der Waals surface area (Å²) < 4.78 is 0. The monoisotopic (exact) mass is 420 g/mol. The van der Waals surface area contributed by atoms with Gasteiger partial charge >= 0.3 is 0 Å². The second-order valence-electron chi connectivity index (χ2n) is 12.5. The fourth-order valence-corrected chi connectivity index (χ4v) is 9.31. The van der Waals surface area contributed by atoms with Crippen molar-refractivity contribution in [2.75, 3.05) is 0 Å². The first-order valence-electron chi connectivity index (χ1n) is 12.8. The van der Waals surface area contributed by atoms with Gasteiger partial charge in [0.15, 0.2) is 0 Å². The molecular weight excluding hydrogens is 376 g/mol. The lowest BCUT2D eigenvalue weighted by atomic mass is 9.44. The number of hydrogen-bond donors (Lipinski definition) is 0. The first kappa shape index (κ1) is 22.2. The molecule has 0 radical (unpaired) electrons. The van der Waals surface area contributed by atoms with Gasteiger partial charge in [0.2, 0.25) is 0 Å². The van der Waals surface area contributed by atoms with Crippen LogP contribution in [0.4, 0.5) is 0 Å². The maximum atomic E-state index is 13.3. The van der Waals surface area contributed by atoms with Crippen LogP contribution >= 0.6 is 11.6 Å². The molecule has 1 nitrogen and oxygen atoms in total. The lowest BCUT2D eigenvalue weighted by molar-refractivity contribution is -0.154. The second kappa shape index (κ2) is 8.14. The number of carbonyl (C=O) groups is 1. The maximum Gasteiger partial charge on any atom is 0.136 e. The van der Waals surface area contributed by atoms with Crippen LogP contribution in [0.3, 0.4) is 0 Å². The van der Waals surface area contributed by atoms with E-state index in [0.29, 0.717) is 17.1 Å². The van der Waals surface area contributed by atoms with Gasteiger partial charge in [0.05, 0.1) is 0 Å². The van der Waals surface area contributed by atoms with E-state index in [2.05, 4.69) is 34.6 Å². The minimum absolute atomic E-state index is 0.227. The number of Topliss-reactive ketones (excluding diaryl/α,β-unsaturated/α-hetero) is 1. The average molecular weight is 421 g/mol. The van der Waals surface area contributed by atoms with Crippen molar-refractivity contribution >= 4 is 17.4 Å². The molecule has 4 aliphatic rings. The second-order valence-corrected chi connectivity index (χ2v) is 13.1. The quantitative estimate of drug-likeness (QED) is 0.413. The molecule has 0 aliphatic heterocycles. The first-order valence-corrected chi connectivity index (χ1v) is 13.3. The molecular formula is C27H45ClO. The van der Waals surface area contributed by atoms with Gasteiger partial charge in [-0.3, -0.25) is 4.79 Å². The molecule has 29 heavy (non-hydrogen) atoms. The molecule has 0 aromatic rings. The molecule has 166 valence electrons. The molecule has 4 rings (SSSR count). The van der Waals surface area contributed by atoms with Crippen LogP contribution in [0.2, 0.25) is 0 Å². The Balaban J connectivity index is 1.50. The smallest absolute Gasteiger partial charge is 0.136 e. The van der Waals surface area contributed by atoms with E-state index in [9.17, 15) is 4.79 Å². The molecule has 9 atom stereocenters. The van der Waals surface area contributed by atoms with Gasteiger partial charge in [-0.15, -0.1) is 11.6 Å². The molecule has 4 saturated carbocycles. The van der Waals surface area contributed by atoms with Gasteiger partial charge < -0.3 is 0 Å². The highest BCUT2D eigenvalue weighted by atomic mass is 35.5. The number of ketones is 1. The molecule has 0 amide bonds. The van der Waals surface area contributed by atoms with Crippen molar-refractivity contribution in [1.82, 2.24) is 0 Å². The van der Waals surface area contributed by atoms with Crippen LogP contribution in [0.15, 0.2) is 0 Å².